The zero-order valence-electron chi connectivity index (χ0n) is 13.0. The first-order valence-electron chi connectivity index (χ1n) is 7.59. The highest BCUT2D eigenvalue weighted by atomic mass is 35.5. The van der Waals surface area contributed by atoms with Gasteiger partial charge in [-0.1, -0.05) is 36.7 Å². The lowest BCUT2D eigenvalue weighted by Gasteiger charge is -2.14. The molecule has 1 amide bonds. The lowest BCUT2D eigenvalue weighted by molar-refractivity contribution is -0.121. The minimum absolute atomic E-state index is 0.0172. The molecule has 122 valence electrons. The molecule has 0 heterocycles. The molecule has 5 heteroatoms. The molecule has 0 saturated carbocycles. The van der Waals surface area contributed by atoms with Crippen molar-refractivity contribution >= 4 is 17.5 Å². The van der Waals surface area contributed by atoms with Crippen LogP contribution in [0.25, 0.3) is 11.1 Å². The number of benzene rings is 2. The number of halogens is 1. The SMILES string of the molecule is CCCC(=O)NCCc1ccc(O)c(O)c1-c1ccc(Cl)cc1. The molecule has 0 atom stereocenters. The molecule has 0 aliphatic heterocycles. The van der Waals surface area contributed by atoms with E-state index in [9.17, 15) is 15.0 Å². The van der Waals surface area contributed by atoms with Gasteiger partial charge in [-0.25, -0.2) is 0 Å². The number of nitrogens with one attached hydrogen (secondary N) is 1. The van der Waals surface area contributed by atoms with E-state index in [-0.39, 0.29) is 17.4 Å². The molecule has 0 unspecified atom stereocenters. The maximum absolute atomic E-state index is 11.5. The average molecular weight is 334 g/mol. The Labute approximate surface area is 140 Å². The van der Waals surface area contributed by atoms with Gasteiger partial charge in [-0.2, -0.15) is 0 Å². The fourth-order valence-electron chi connectivity index (χ4n) is 2.42. The standard InChI is InChI=1S/C18H20ClNO3/c1-2-3-16(22)20-11-10-13-6-9-15(21)18(23)17(13)12-4-7-14(19)8-5-12/h4-9,21,23H,2-3,10-11H2,1H3,(H,20,22). The van der Waals surface area contributed by atoms with Crippen molar-refractivity contribution < 1.29 is 15.0 Å². The van der Waals surface area contributed by atoms with E-state index in [1.807, 2.05) is 6.92 Å². The van der Waals surface area contributed by atoms with E-state index in [1.54, 1.807) is 30.3 Å². The van der Waals surface area contributed by atoms with E-state index in [2.05, 4.69) is 5.32 Å². The van der Waals surface area contributed by atoms with Crippen LogP contribution in [-0.2, 0) is 11.2 Å². The van der Waals surface area contributed by atoms with Crippen LogP contribution < -0.4 is 5.32 Å². The number of phenolic OH excluding ortho intramolecular Hbond substituents is 2. The van der Waals surface area contributed by atoms with Crippen LogP contribution in [0.2, 0.25) is 5.02 Å². The smallest absolute Gasteiger partial charge is 0.219 e. The highest BCUT2D eigenvalue weighted by Crippen LogP contribution is 2.39. The number of carbonyl (C=O) groups is 1. The van der Waals surface area contributed by atoms with E-state index in [0.717, 1.165) is 17.5 Å². The zero-order valence-corrected chi connectivity index (χ0v) is 13.7. The Hall–Kier alpha value is -2.20. The van der Waals surface area contributed by atoms with Crippen molar-refractivity contribution in [1.29, 1.82) is 0 Å². The molecular weight excluding hydrogens is 314 g/mol. The molecule has 0 radical (unpaired) electrons. The highest BCUT2D eigenvalue weighted by Gasteiger charge is 2.14. The summed E-state index contributed by atoms with van der Waals surface area (Å²) in [5.74, 6) is -0.318. The Balaban J connectivity index is 2.24. The van der Waals surface area contributed by atoms with E-state index in [0.29, 0.717) is 30.0 Å². The average Bonchev–Trinajstić information content (AvgIpc) is 2.52. The van der Waals surface area contributed by atoms with Crippen LogP contribution >= 0.6 is 11.6 Å². The lowest BCUT2D eigenvalue weighted by Crippen LogP contribution is -2.25. The van der Waals surface area contributed by atoms with Gasteiger partial charge in [-0.15, -0.1) is 0 Å². The van der Waals surface area contributed by atoms with Crippen LogP contribution in [-0.4, -0.2) is 22.7 Å². The van der Waals surface area contributed by atoms with Gasteiger partial charge in [-0.05, 0) is 42.2 Å². The first-order valence-corrected chi connectivity index (χ1v) is 7.97. The van der Waals surface area contributed by atoms with Gasteiger partial charge in [0.05, 0.1) is 0 Å². The summed E-state index contributed by atoms with van der Waals surface area (Å²) in [4.78, 5) is 11.5. The van der Waals surface area contributed by atoms with Crippen LogP contribution in [0.3, 0.4) is 0 Å². The van der Waals surface area contributed by atoms with Crippen molar-refractivity contribution in [3.8, 4) is 22.6 Å². The summed E-state index contributed by atoms with van der Waals surface area (Å²) in [6.07, 6.45) is 1.87. The summed E-state index contributed by atoms with van der Waals surface area (Å²) in [5.41, 5.74) is 2.17. The lowest BCUT2D eigenvalue weighted by atomic mass is 9.96. The summed E-state index contributed by atoms with van der Waals surface area (Å²) in [7, 11) is 0. The van der Waals surface area contributed by atoms with Crippen LogP contribution in [0, 0.1) is 0 Å². The van der Waals surface area contributed by atoms with Crippen LogP contribution in [0.1, 0.15) is 25.3 Å². The van der Waals surface area contributed by atoms with Crippen molar-refractivity contribution in [2.45, 2.75) is 26.2 Å². The second-order valence-corrected chi connectivity index (χ2v) is 5.76. The van der Waals surface area contributed by atoms with E-state index < -0.39 is 0 Å². The van der Waals surface area contributed by atoms with Crippen molar-refractivity contribution in [2.75, 3.05) is 6.54 Å². The molecule has 2 rings (SSSR count). The topological polar surface area (TPSA) is 69.6 Å². The Morgan fingerprint density at radius 1 is 1.13 bits per heavy atom. The molecule has 0 saturated heterocycles. The van der Waals surface area contributed by atoms with Crippen molar-refractivity contribution in [2.24, 2.45) is 0 Å². The van der Waals surface area contributed by atoms with Gasteiger partial charge in [0.2, 0.25) is 5.91 Å². The maximum atomic E-state index is 11.5. The minimum Gasteiger partial charge on any atom is -0.504 e. The van der Waals surface area contributed by atoms with Crippen LogP contribution in [0.15, 0.2) is 36.4 Å². The second-order valence-electron chi connectivity index (χ2n) is 5.32. The van der Waals surface area contributed by atoms with Crippen molar-refractivity contribution in [3.05, 3.63) is 47.0 Å². The number of carbonyl (C=O) groups excluding carboxylic acids is 1. The summed E-state index contributed by atoms with van der Waals surface area (Å²) in [5, 5.41) is 23.5. The maximum Gasteiger partial charge on any atom is 0.219 e. The number of phenols is 2. The molecule has 0 aliphatic rings. The van der Waals surface area contributed by atoms with Crippen molar-refractivity contribution in [3.63, 3.8) is 0 Å². The molecule has 2 aromatic rings. The number of aromatic hydroxyl groups is 2. The number of hydrogen-bond donors (Lipinski definition) is 3. The molecular formula is C18H20ClNO3. The fourth-order valence-corrected chi connectivity index (χ4v) is 2.55. The number of hydrogen-bond acceptors (Lipinski definition) is 3. The third kappa shape index (κ3) is 4.39. The predicted molar refractivity (Wildman–Crippen MR) is 91.8 cm³/mol. The summed E-state index contributed by atoms with van der Waals surface area (Å²) in [6.45, 7) is 2.43. The Bertz CT molecular complexity index is 683. The molecule has 4 nitrogen and oxygen atoms in total. The summed E-state index contributed by atoms with van der Waals surface area (Å²) in [6, 6.07) is 10.2. The summed E-state index contributed by atoms with van der Waals surface area (Å²) >= 11 is 5.90. The summed E-state index contributed by atoms with van der Waals surface area (Å²) < 4.78 is 0. The van der Waals surface area contributed by atoms with Crippen LogP contribution in [0.5, 0.6) is 11.5 Å². The molecule has 0 spiro atoms. The molecule has 3 N–H and O–H groups in total. The van der Waals surface area contributed by atoms with Gasteiger partial charge in [0.25, 0.3) is 0 Å². The predicted octanol–water partition coefficient (Wildman–Crippen LogP) is 3.88. The molecule has 0 bridgehead atoms. The number of rotatable bonds is 6. The molecule has 23 heavy (non-hydrogen) atoms. The van der Waals surface area contributed by atoms with Crippen molar-refractivity contribution in [1.82, 2.24) is 5.32 Å². The first kappa shape index (κ1) is 17.2. The number of amides is 1. The fraction of sp³-hybridized carbons (Fsp3) is 0.278. The second kappa shape index (κ2) is 7.88. The van der Waals surface area contributed by atoms with Gasteiger partial charge in [0.1, 0.15) is 0 Å². The van der Waals surface area contributed by atoms with E-state index >= 15 is 0 Å². The molecule has 0 fully saturated rings. The van der Waals surface area contributed by atoms with Gasteiger partial charge in [0, 0.05) is 23.6 Å². The Kier molecular flexibility index (Phi) is 5.88. The largest absolute Gasteiger partial charge is 0.504 e. The Morgan fingerprint density at radius 2 is 1.83 bits per heavy atom. The third-order valence-electron chi connectivity index (χ3n) is 3.57. The highest BCUT2D eigenvalue weighted by molar-refractivity contribution is 6.30. The van der Waals surface area contributed by atoms with Crippen LogP contribution in [0.4, 0.5) is 0 Å². The minimum atomic E-state index is -0.172. The van der Waals surface area contributed by atoms with Gasteiger partial charge in [0.15, 0.2) is 11.5 Å². The quantitative estimate of drug-likeness (QED) is 0.703. The molecule has 0 aromatic heterocycles. The monoisotopic (exact) mass is 333 g/mol. The van der Waals surface area contributed by atoms with Gasteiger partial charge >= 0.3 is 0 Å². The Morgan fingerprint density at radius 3 is 2.48 bits per heavy atom. The third-order valence-corrected chi connectivity index (χ3v) is 3.82. The van der Waals surface area contributed by atoms with Gasteiger partial charge < -0.3 is 15.5 Å². The van der Waals surface area contributed by atoms with E-state index in [1.165, 1.54) is 6.07 Å². The molecule has 2 aromatic carbocycles. The van der Waals surface area contributed by atoms with Gasteiger partial charge in [-0.3, -0.25) is 4.79 Å². The first-order chi connectivity index (χ1) is 11.0. The van der Waals surface area contributed by atoms with E-state index in [4.69, 9.17) is 11.6 Å². The molecule has 0 aliphatic carbocycles. The normalized spacial score (nSPS) is 10.5. The zero-order chi connectivity index (χ0) is 16.8.